The van der Waals surface area contributed by atoms with E-state index in [9.17, 15) is 30.8 Å². The van der Waals surface area contributed by atoms with Gasteiger partial charge in [0.1, 0.15) is 22.5 Å². The van der Waals surface area contributed by atoms with Crippen LogP contribution in [0.4, 0.5) is 28.0 Å². The minimum Gasteiger partial charge on any atom is -0.495 e. The summed E-state index contributed by atoms with van der Waals surface area (Å²) in [6.45, 7) is 1.71. The van der Waals surface area contributed by atoms with Gasteiger partial charge in [0.25, 0.3) is 0 Å². The number of carbonyl (C=O) groups excluding carboxylic acids is 1. The molecular formula is C25H26F4N4O4S. The van der Waals surface area contributed by atoms with E-state index in [1.807, 2.05) is 0 Å². The van der Waals surface area contributed by atoms with Crippen molar-refractivity contribution in [3.63, 3.8) is 0 Å². The van der Waals surface area contributed by atoms with Gasteiger partial charge in [-0.25, -0.2) is 22.3 Å². The fourth-order valence-electron chi connectivity index (χ4n) is 4.58. The molecule has 2 amide bonds. The molecule has 2 atom stereocenters. The number of urea groups is 1. The lowest BCUT2D eigenvalue weighted by atomic mass is 10.00. The van der Waals surface area contributed by atoms with Gasteiger partial charge in [-0.15, -0.1) is 0 Å². The first-order valence-corrected chi connectivity index (χ1v) is 13.6. The fraction of sp³-hybridized carbons (Fsp3) is 0.360. The molecule has 0 saturated carbocycles. The summed E-state index contributed by atoms with van der Waals surface area (Å²) in [7, 11) is -2.37. The van der Waals surface area contributed by atoms with Crippen LogP contribution in [-0.2, 0) is 16.3 Å². The molecular weight excluding hydrogens is 528 g/mol. The number of rotatable bonds is 6. The number of halogens is 4. The highest BCUT2D eigenvalue weighted by atomic mass is 32.2. The Morgan fingerprint density at radius 3 is 2.47 bits per heavy atom. The van der Waals surface area contributed by atoms with E-state index in [4.69, 9.17) is 4.74 Å². The number of benzene rings is 2. The molecule has 1 aromatic heterocycles. The number of hydrogen-bond acceptors (Lipinski definition) is 5. The molecule has 0 radical (unpaired) electrons. The Balaban J connectivity index is 1.71. The van der Waals surface area contributed by atoms with Gasteiger partial charge in [-0.05, 0) is 61.2 Å². The topological polar surface area (TPSA) is 93.5 Å². The van der Waals surface area contributed by atoms with Crippen LogP contribution in [0.2, 0.25) is 0 Å². The van der Waals surface area contributed by atoms with E-state index in [2.05, 4.69) is 10.4 Å². The second kappa shape index (κ2) is 10.3. The molecule has 2 aromatic carbocycles. The van der Waals surface area contributed by atoms with E-state index < -0.39 is 46.4 Å². The number of amides is 2. The quantitative estimate of drug-likeness (QED) is 0.435. The third-order valence-corrected chi connectivity index (χ3v) is 7.55. The van der Waals surface area contributed by atoms with Crippen LogP contribution in [0.25, 0.3) is 5.69 Å². The van der Waals surface area contributed by atoms with Gasteiger partial charge < -0.3 is 10.1 Å². The normalized spacial score (nSPS) is 16.6. The number of anilines is 1. The van der Waals surface area contributed by atoms with Gasteiger partial charge in [-0.3, -0.25) is 4.90 Å². The molecule has 1 N–H and O–H groups in total. The highest BCUT2D eigenvalue weighted by Gasteiger charge is 2.49. The number of aromatic nitrogens is 2. The van der Waals surface area contributed by atoms with Crippen LogP contribution >= 0.6 is 0 Å². The molecule has 204 valence electrons. The van der Waals surface area contributed by atoms with Gasteiger partial charge in [0.15, 0.2) is 9.84 Å². The zero-order valence-electron chi connectivity index (χ0n) is 20.8. The molecule has 4 rings (SSSR count). The second-order valence-corrected chi connectivity index (χ2v) is 10.9. The number of nitrogens with zero attached hydrogens (tertiary/aromatic N) is 3. The second-order valence-electron chi connectivity index (χ2n) is 8.92. The molecule has 0 fully saturated rings. The average molecular weight is 555 g/mol. The first kappa shape index (κ1) is 27.4. The lowest BCUT2D eigenvalue weighted by Crippen LogP contribution is -2.55. The first-order valence-electron chi connectivity index (χ1n) is 11.7. The number of fused-ring (bicyclic) bond motifs is 1. The fourth-order valence-corrected chi connectivity index (χ4v) is 5.44. The maximum atomic E-state index is 14.1. The molecule has 38 heavy (non-hydrogen) atoms. The SMILES string of the molecule is CCC(NC(=O)N1c2cnn(-c3ccc(F)cc3)c2CCC1C(F)(F)F)c1ccc(OC)c(S(C)(=O)=O)c1. The Morgan fingerprint density at radius 2 is 1.89 bits per heavy atom. The summed E-state index contributed by atoms with van der Waals surface area (Å²) in [6.07, 6.45) is -2.64. The molecule has 2 unspecified atom stereocenters. The Labute approximate surface area is 217 Å². The molecule has 0 bridgehead atoms. The van der Waals surface area contributed by atoms with Gasteiger partial charge in [-0.2, -0.15) is 18.3 Å². The van der Waals surface area contributed by atoms with E-state index in [1.165, 1.54) is 54.4 Å². The van der Waals surface area contributed by atoms with Crippen molar-refractivity contribution in [2.24, 2.45) is 0 Å². The van der Waals surface area contributed by atoms with Crippen LogP contribution in [0.3, 0.4) is 0 Å². The predicted molar refractivity (Wildman–Crippen MR) is 132 cm³/mol. The number of hydrogen-bond donors (Lipinski definition) is 1. The van der Waals surface area contributed by atoms with Crippen LogP contribution in [0.15, 0.2) is 53.6 Å². The lowest BCUT2D eigenvalue weighted by Gasteiger charge is -2.37. The summed E-state index contributed by atoms with van der Waals surface area (Å²) < 4.78 is 86.6. The number of ether oxygens (including phenoxy) is 1. The molecule has 13 heteroatoms. The van der Waals surface area contributed by atoms with Crippen LogP contribution in [-0.4, -0.2) is 49.8 Å². The van der Waals surface area contributed by atoms with Crippen LogP contribution in [0.5, 0.6) is 5.75 Å². The van der Waals surface area contributed by atoms with Crippen LogP contribution in [0, 0.1) is 5.82 Å². The van der Waals surface area contributed by atoms with E-state index in [-0.39, 0.29) is 29.2 Å². The van der Waals surface area contributed by atoms with Crippen molar-refractivity contribution in [3.8, 4) is 11.4 Å². The average Bonchev–Trinajstić information content (AvgIpc) is 3.29. The van der Waals surface area contributed by atoms with Gasteiger partial charge in [0, 0.05) is 6.26 Å². The van der Waals surface area contributed by atoms with Gasteiger partial charge in [0.05, 0.1) is 36.4 Å². The Kier molecular flexibility index (Phi) is 7.42. The smallest absolute Gasteiger partial charge is 0.409 e. The van der Waals surface area contributed by atoms with Crippen LogP contribution < -0.4 is 15.0 Å². The lowest BCUT2D eigenvalue weighted by molar-refractivity contribution is -0.149. The predicted octanol–water partition coefficient (Wildman–Crippen LogP) is 4.97. The van der Waals surface area contributed by atoms with E-state index in [0.717, 1.165) is 6.26 Å². The van der Waals surface area contributed by atoms with Crippen molar-refractivity contribution in [3.05, 3.63) is 65.7 Å². The number of alkyl halides is 3. The van der Waals surface area contributed by atoms with Crippen molar-refractivity contribution in [2.75, 3.05) is 18.3 Å². The number of sulfone groups is 1. The number of methoxy groups -OCH3 is 1. The van der Waals surface area contributed by atoms with Gasteiger partial charge >= 0.3 is 12.2 Å². The zero-order chi connectivity index (χ0) is 27.8. The van der Waals surface area contributed by atoms with Gasteiger partial charge in [-0.1, -0.05) is 13.0 Å². The standard InChI is InChI=1S/C25H26F4N4O4S/c1-4-18(15-5-11-21(37-2)22(13-15)38(3,35)36)31-24(34)32-20-14-30-33(17-8-6-16(26)7-9-17)19(20)10-12-23(32)25(27,28)29/h5-9,11,13-14,18,23H,4,10,12H2,1-3H3,(H,31,34). The first-order chi connectivity index (χ1) is 17.8. The molecule has 8 nitrogen and oxygen atoms in total. The summed E-state index contributed by atoms with van der Waals surface area (Å²) in [5.74, 6) is -0.362. The van der Waals surface area contributed by atoms with Crippen molar-refractivity contribution < 1.29 is 35.5 Å². The molecule has 1 aliphatic rings. The monoisotopic (exact) mass is 554 g/mol. The number of nitrogens with one attached hydrogen (secondary N) is 1. The van der Waals surface area contributed by atoms with E-state index >= 15 is 0 Å². The van der Waals surface area contributed by atoms with E-state index in [0.29, 0.717) is 21.8 Å². The Hall–Kier alpha value is -3.61. The highest BCUT2D eigenvalue weighted by Crippen LogP contribution is 2.39. The summed E-state index contributed by atoms with van der Waals surface area (Å²) in [5, 5.41) is 6.82. The molecule has 3 aromatic rings. The Bertz CT molecular complexity index is 1440. The van der Waals surface area contributed by atoms with E-state index in [1.54, 1.807) is 13.0 Å². The summed E-state index contributed by atoms with van der Waals surface area (Å²) in [5.41, 5.74) is 1.20. The maximum Gasteiger partial charge on any atom is 0.409 e. The largest absolute Gasteiger partial charge is 0.495 e. The van der Waals surface area contributed by atoms with Gasteiger partial charge in [0.2, 0.25) is 0 Å². The molecule has 0 aliphatic carbocycles. The third kappa shape index (κ3) is 5.33. The number of carbonyl (C=O) groups is 1. The zero-order valence-corrected chi connectivity index (χ0v) is 21.6. The third-order valence-electron chi connectivity index (χ3n) is 6.44. The molecule has 1 aliphatic heterocycles. The minimum atomic E-state index is -4.71. The summed E-state index contributed by atoms with van der Waals surface area (Å²) in [4.78, 5) is 14.0. The summed E-state index contributed by atoms with van der Waals surface area (Å²) >= 11 is 0. The maximum absolute atomic E-state index is 14.1. The minimum absolute atomic E-state index is 0.00588. The van der Waals surface area contributed by atoms with Crippen molar-refractivity contribution in [1.29, 1.82) is 0 Å². The van der Waals surface area contributed by atoms with Crippen molar-refractivity contribution in [2.45, 2.75) is 49.3 Å². The summed E-state index contributed by atoms with van der Waals surface area (Å²) in [6, 6.07) is 5.75. The highest BCUT2D eigenvalue weighted by molar-refractivity contribution is 7.90. The molecule has 0 spiro atoms. The van der Waals surface area contributed by atoms with Crippen LogP contribution in [0.1, 0.15) is 37.1 Å². The molecule has 2 heterocycles. The molecule has 0 saturated heterocycles. The van der Waals surface area contributed by atoms with Crippen molar-refractivity contribution >= 4 is 21.6 Å². The van der Waals surface area contributed by atoms with Crippen molar-refractivity contribution in [1.82, 2.24) is 15.1 Å². The Morgan fingerprint density at radius 1 is 1.21 bits per heavy atom.